The zero-order chi connectivity index (χ0) is 53.5. The number of nitriles is 2. The molecule has 5 saturated heterocycles. The standard InChI is InChI=1S/C31H32FN7O2S.C26H26FN7S/c1-4-23-28(36(3)30-34-27(26(14-33)42-30)20-7-9-21(32)10-8-20)24-13-22(12-19(2)39(24)35-23)37-15-31(16-37)17-38(18-31)29(40)25-6-5-11-41-25;1-4-20-24(32(3)25-30-23(22(11-28)35-25)17-5-7-18(27)8-6-17)21-10-19(9-16(2)34(21)31-20)33-14-26(15-33)12-29-13-26/h7-10,12-13,25H,4-6,11,15-18H2,1-3H3;5-10,29H,4,12-15H2,1-3H3. The Kier molecular flexibility index (Phi) is 12.8. The first-order valence-corrected chi connectivity index (χ1v) is 27.8. The lowest BCUT2D eigenvalue weighted by Gasteiger charge is -2.61. The number of rotatable bonds is 11. The molecule has 1 N–H and O–H groups in total. The van der Waals surface area contributed by atoms with Crippen LogP contribution in [0.4, 0.5) is 41.8 Å². The maximum absolute atomic E-state index is 13.5. The second-order valence-corrected chi connectivity index (χ2v) is 23.3. The fourth-order valence-corrected chi connectivity index (χ4v) is 13.5. The molecular formula is C57H58F2N14O2S2. The van der Waals surface area contributed by atoms with Crippen molar-refractivity contribution in [3.8, 4) is 34.7 Å². The summed E-state index contributed by atoms with van der Waals surface area (Å²) in [6.07, 6.45) is 3.06. The molecule has 11 heterocycles. The molecule has 5 aliphatic rings. The number of amides is 1. The molecule has 2 aromatic carbocycles. The largest absolute Gasteiger partial charge is 0.370 e. The number of ether oxygens (including phenoxy) is 1. The molecule has 8 aromatic rings. The predicted octanol–water partition coefficient (Wildman–Crippen LogP) is 9.45. The van der Waals surface area contributed by atoms with Gasteiger partial charge in [-0.1, -0.05) is 36.5 Å². The summed E-state index contributed by atoms with van der Waals surface area (Å²) in [5.41, 5.74) is 13.5. The van der Waals surface area contributed by atoms with Gasteiger partial charge in [0.05, 0.1) is 33.8 Å². The highest BCUT2D eigenvalue weighted by atomic mass is 32.1. The number of aromatic nitrogens is 6. The van der Waals surface area contributed by atoms with E-state index in [2.05, 4.69) is 79.2 Å². The summed E-state index contributed by atoms with van der Waals surface area (Å²) in [5.74, 6) is -0.492. The average molecular weight is 1070 g/mol. The number of nitrogens with zero attached hydrogens (tertiary/aromatic N) is 13. The Hall–Kier alpha value is -7.49. The van der Waals surface area contributed by atoms with Crippen LogP contribution in [0.15, 0.2) is 72.8 Å². The normalized spacial score (nSPS) is 17.8. The number of likely N-dealkylation sites (tertiary alicyclic amines) is 1. The molecule has 20 heteroatoms. The van der Waals surface area contributed by atoms with Crippen LogP contribution >= 0.6 is 22.7 Å². The molecule has 1 atom stereocenters. The third kappa shape index (κ3) is 8.81. The number of anilines is 6. The highest BCUT2D eigenvalue weighted by Gasteiger charge is 2.54. The molecular weight excluding hydrogens is 1010 g/mol. The van der Waals surface area contributed by atoms with Gasteiger partial charge in [0.2, 0.25) is 0 Å². The lowest BCUT2D eigenvalue weighted by Crippen LogP contribution is -2.73. The number of carbonyl (C=O) groups is 1. The van der Waals surface area contributed by atoms with Crippen LogP contribution in [-0.2, 0) is 22.4 Å². The zero-order valence-electron chi connectivity index (χ0n) is 43.9. The Balaban J connectivity index is 0.000000157. The SMILES string of the molecule is CCc1nn2c(C)cc(N3CC4(CN(C(=O)C5CCCO5)C4)C3)cc2c1N(C)c1nc(-c2ccc(F)cc2)c(C#N)s1.CCc1nn2c(C)cc(N3CC4(CNC4)C3)cc2c1N(C)c1nc(-c2ccc(F)cc2)c(C#N)s1. The molecule has 394 valence electrons. The highest BCUT2D eigenvalue weighted by molar-refractivity contribution is 7.17. The van der Waals surface area contributed by atoms with E-state index in [9.17, 15) is 24.1 Å². The number of pyridine rings is 2. The van der Waals surface area contributed by atoms with E-state index in [-0.39, 0.29) is 29.1 Å². The molecule has 6 aromatic heterocycles. The molecule has 13 rings (SSSR count). The first-order chi connectivity index (χ1) is 37.2. The van der Waals surface area contributed by atoms with E-state index in [0.29, 0.717) is 49.0 Å². The number of nitrogens with one attached hydrogen (secondary N) is 1. The zero-order valence-corrected chi connectivity index (χ0v) is 45.5. The number of hydrogen-bond acceptors (Lipinski definition) is 15. The number of hydrogen-bond donors (Lipinski definition) is 1. The number of aryl methyl sites for hydroxylation is 4. The fraction of sp³-hybridized carbons (Fsp3) is 0.386. The van der Waals surface area contributed by atoms with Gasteiger partial charge in [0.1, 0.15) is 51.0 Å². The van der Waals surface area contributed by atoms with Crippen molar-refractivity contribution in [2.75, 3.05) is 92.7 Å². The minimum Gasteiger partial charge on any atom is -0.370 e. The van der Waals surface area contributed by atoms with Gasteiger partial charge in [-0.15, -0.1) is 0 Å². The van der Waals surface area contributed by atoms with E-state index in [0.717, 1.165) is 134 Å². The van der Waals surface area contributed by atoms with Crippen LogP contribution in [0.1, 0.15) is 59.2 Å². The minimum atomic E-state index is -0.329. The van der Waals surface area contributed by atoms with E-state index in [1.807, 2.05) is 37.8 Å². The summed E-state index contributed by atoms with van der Waals surface area (Å²) in [6, 6.07) is 25.5. The molecule has 0 bridgehead atoms. The summed E-state index contributed by atoms with van der Waals surface area (Å²) in [6.45, 7) is 16.8. The topological polar surface area (TPSA) is 162 Å². The second-order valence-electron chi connectivity index (χ2n) is 21.3. The van der Waals surface area contributed by atoms with Crippen molar-refractivity contribution in [2.45, 2.75) is 59.5 Å². The number of halogens is 2. The molecule has 5 aliphatic heterocycles. The molecule has 1 unspecified atom stereocenters. The molecule has 0 aliphatic carbocycles. The lowest BCUT2D eigenvalue weighted by atomic mass is 9.72. The van der Waals surface area contributed by atoms with Crippen LogP contribution in [0.3, 0.4) is 0 Å². The number of carbonyl (C=O) groups excluding carboxylic acids is 1. The average Bonchev–Trinajstić information content (AvgIpc) is 4.25. The molecule has 2 spiro atoms. The van der Waals surface area contributed by atoms with Crippen molar-refractivity contribution in [1.82, 2.24) is 39.4 Å². The van der Waals surface area contributed by atoms with E-state index in [4.69, 9.17) is 24.9 Å². The third-order valence-corrected chi connectivity index (χ3v) is 17.9. The first-order valence-electron chi connectivity index (χ1n) is 26.2. The number of benzene rings is 2. The Morgan fingerprint density at radius 1 is 0.714 bits per heavy atom. The van der Waals surface area contributed by atoms with Crippen molar-refractivity contribution in [3.63, 3.8) is 0 Å². The van der Waals surface area contributed by atoms with Crippen LogP contribution in [0.5, 0.6) is 0 Å². The summed E-state index contributed by atoms with van der Waals surface area (Å²) in [7, 11) is 3.94. The Morgan fingerprint density at radius 3 is 1.56 bits per heavy atom. The van der Waals surface area contributed by atoms with E-state index >= 15 is 0 Å². The minimum absolute atomic E-state index is 0.150. The van der Waals surface area contributed by atoms with Gasteiger partial charge in [-0.25, -0.2) is 27.8 Å². The van der Waals surface area contributed by atoms with Gasteiger partial charge in [0.25, 0.3) is 5.91 Å². The molecule has 0 radical (unpaired) electrons. The van der Waals surface area contributed by atoms with Crippen LogP contribution in [0.2, 0.25) is 0 Å². The maximum Gasteiger partial charge on any atom is 0.251 e. The molecule has 16 nitrogen and oxygen atoms in total. The van der Waals surface area contributed by atoms with E-state index < -0.39 is 0 Å². The lowest BCUT2D eigenvalue weighted by molar-refractivity contribution is -0.155. The Morgan fingerprint density at radius 2 is 1.17 bits per heavy atom. The monoisotopic (exact) mass is 1070 g/mol. The van der Waals surface area contributed by atoms with Crippen molar-refractivity contribution in [1.29, 1.82) is 10.5 Å². The van der Waals surface area contributed by atoms with Gasteiger partial charge in [0, 0.05) is 118 Å². The molecule has 77 heavy (non-hydrogen) atoms. The number of thiazole rings is 2. The third-order valence-electron chi connectivity index (χ3n) is 15.9. The maximum atomic E-state index is 13.5. The predicted molar refractivity (Wildman–Crippen MR) is 297 cm³/mol. The Labute approximate surface area is 453 Å². The van der Waals surface area contributed by atoms with E-state index in [1.165, 1.54) is 52.6 Å². The number of fused-ring (bicyclic) bond motifs is 2. The molecule has 0 saturated carbocycles. The summed E-state index contributed by atoms with van der Waals surface area (Å²) in [4.78, 5) is 34.2. The fourth-order valence-electron chi connectivity index (χ4n) is 11.8. The quantitative estimate of drug-likeness (QED) is 0.131. The van der Waals surface area contributed by atoms with Crippen LogP contribution in [0.25, 0.3) is 33.5 Å². The first kappa shape index (κ1) is 50.3. The second kappa shape index (κ2) is 19.5. The van der Waals surface area contributed by atoms with Gasteiger partial charge in [-0.05, 0) is 112 Å². The van der Waals surface area contributed by atoms with Crippen molar-refractivity contribution in [2.24, 2.45) is 10.8 Å². The van der Waals surface area contributed by atoms with Gasteiger partial charge in [-0.2, -0.15) is 20.7 Å². The smallest absolute Gasteiger partial charge is 0.251 e. The van der Waals surface area contributed by atoms with Crippen molar-refractivity contribution in [3.05, 3.63) is 117 Å². The molecule has 1 amide bonds. The summed E-state index contributed by atoms with van der Waals surface area (Å²) >= 11 is 2.66. The summed E-state index contributed by atoms with van der Waals surface area (Å²) in [5, 5.41) is 34.2. The van der Waals surface area contributed by atoms with Crippen LogP contribution in [-0.4, -0.2) is 119 Å². The Bertz CT molecular complexity index is 3670. The van der Waals surface area contributed by atoms with Crippen molar-refractivity contribution < 1.29 is 18.3 Å². The van der Waals surface area contributed by atoms with E-state index in [1.54, 1.807) is 24.3 Å². The molecule has 5 fully saturated rings. The van der Waals surface area contributed by atoms with Crippen molar-refractivity contribution >= 4 is 72.6 Å². The summed E-state index contributed by atoms with van der Waals surface area (Å²) < 4.78 is 36.6. The van der Waals surface area contributed by atoms with Gasteiger partial charge in [0.15, 0.2) is 10.3 Å². The van der Waals surface area contributed by atoms with Crippen LogP contribution in [0, 0.1) is 59.0 Å². The van der Waals surface area contributed by atoms with Crippen LogP contribution < -0.4 is 24.9 Å². The highest BCUT2D eigenvalue weighted by Crippen LogP contribution is 2.46. The van der Waals surface area contributed by atoms with Gasteiger partial charge < -0.3 is 34.6 Å². The van der Waals surface area contributed by atoms with Gasteiger partial charge >= 0.3 is 0 Å². The van der Waals surface area contributed by atoms with Gasteiger partial charge in [-0.3, -0.25) is 4.79 Å².